The van der Waals surface area contributed by atoms with Crippen molar-refractivity contribution in [3.63, 3.8) is 0 Å². The molecule has 0 aliphatic rings. The number of thiocarbonyl (C=S) groups is 1. The Morgan fingerprint density at radius 3 is 2.43 bits per heavy atom. The molecule has 0 unspecified atom stereocenters. The molecule has 3 aromatic rings. The minimum absolute atomic E-state index is 0.157. The number of amides is 2. The third-order valence-corrected chi connectivity index (χ3v) is 5.48. The van der Waals surface area contributed by atoms with Crippen LogP contribution in [0, 0.1) is 10.1 Å². The standard InChI is InChI=1S/C17H11ClN4O4S2/c18-13-10-6-2-4-8-12(10)28-14(13)16(24)20-21-17(27)19-15(23)9-5-1-3-7-11(9)22(25)26/h1-8H,(H,20,24)(H2,19,21,23,27). The first-order valence-corrected chi connectivity index (χ1v) is 9.31. The van der Waals surface area contributed by atoms with E-state index >= 15 is 0 Å². The van der Waals surface area contributed by atoms with Gasteiger partial charge in [0.25, 0.3) is 17.5 Å². The van der Waals surface area contributed by atoms with Crippen LogP contribution in [-0.2, 0) is 0 Å². The molecule has 3 rings (SSSR count). The summed E-state index contributed by atoms with van der Waals surface area (Å²) in [4.78, 5) is 35.1. The van der Waals surface area contributed by atoms with Gasteiger partial charge in [0, 0.05) is 16.2 Å². The monoisotopic (exact) mass is 434 g/mol. The number of carbonyl (C=O) groups is 2. The number of rotatable bonds is 3. The number of hydrogen-bond donors (Lipinski definition) is 3. The number of fused-ring (bicyclic) bond motifs is 1. The van der Waals surface area contributed by atoms with E-state index in [9.17, 15) is 19.7 Å². The van der Waals surface area contributed by atoms with E-state index in [1.807, 2.05) is 18.2 Å². The minimum Gasteiger partial charge on any atom is -0.297 e. The van der Waals surface area contributed by atoms with Crippen molar-refractivity contribution in [2.24, 2.45) is 0 Å². The number of hydrazine groups is 1. The quantitative estimate of drug-likeness (QED) is 0.330. The Labute approximate surface area is 172 Å². The van der Waals surface area contributed by atoms with Crippen LogP contribution in [0.4, 0.5) is 5.69 Å². The molecule has 0 saturated heterocycles. The van der Waals surface area contributed by atoms with Gasteiger partial charge in [-0.05, 0) is 24.4 Å². The topological polar surface area (TPSA) is 113 Å². The molecule has 0 spiro atoms. The molecule has 0 bridgehead atoms. The maximum Gasteiger partial charge on any atom is 0.282 e. The molecule has 11 heteroatoms. The molecule has 2 amide bonds. The van der Waals surface area contributed by atoms with Crippen LogP contribution in [0.1, 0.15) is 20.0 Å². The van der Waals surface area contributed by atoms with Gasteiger partial charge >= 0.3 is 0 Å². The van der Waals surface area contributed by atoms with Crippen molar-refractivity contribution in [1.29, 1.82) is 0 Å². The summed E-state index contributed by atoms with van der Waals surface area (Å²) in [7, 11) is 0. The van der Waals surface area contributed by atoms with Crippen molar-refractivity contribution >= 4 is 67.9 Å². The Morgan fingerprint density at radius 1 is 1.04 bits per heavy atom. The smallest absolute Gasteiger partial charge is 0.282 e. The summed E-state index contributed by atoms with van der Waals surface area (Å²) in [6.45, 7) is 0. The van der Waals surface area contributed by atoms with Crippen molar-refractivity contribution in [3.05, 3.63) is 74.1 Å². The molecule has 0 radical (unpaired) electrons. The van der Waals surface area contributed by atoms with E-state index in [0.717, 1.165) is 10.1 Å². The lowest BCUT2D eigenvalue weighted by Gasteiger charge is -2.10. The van der Waals surface area contributed by atoms with Gasteiger partial charge in [-0.15, -0.1) is 11.3 Å². The van der Waals surface area contributed by atoms with Crippen LogP contribution >= 0.6 is 35.2 Å². The minimum atomic E-state index is -0.779. The molecule has 1 aromatic heterocycles. The Morgan fingerprint density at radius 2 is 1.71 bits per heavy atom. The number of carbonyl (C=O) groups excluding carboxylic acids is 2. The normalized spacial score (nSPS) is 10.3. The highest BCUT2D eigenvalue weighted by atomic mass is 35.5. The van der Waals surface area contributed by atoms with Gasteiger partial charge in [0.05, 0.1) is 9.95 Å². The van der Waals surface area contributed by atoms with Crippen LogP contribution in [0.15, 0.2) is 48.5 Å². The van der Waals surface area contributed by atoms with E-state index < -0.39 is 16.7 Å². The number of nitro benzene ring substituents is 1. The number of para-hydroxylation sites is 1. The van der Waals surface area contributed by atoms with Crippen molar-refractivity contribution in [1.82, 2.24) is 16.2 Å². The first-order valence-electron chi connectivity index (χ1n) is 7.70. The molecule has 0 aliphatic heterocycles. The molecule has 0 aliphatic carbocycles. The van der Waals surface area contributed by atoms with Crippen LogP contribution in [0.3, 0.4) is 0 Å². The summed E-state index contributed by atoms with van der Waals surface area (Å²) < 4.78 is 0.852. The molecule has 0 saturated carbocycles. The molecular formula is C17H11ClN4O4S2. The first kappa shape index (κ1) is 19.7. The highest BCUT2D eigenvalue weighted by Gasteiger charge is 2.21. The van der Waals surface area contributed by atoms with Crippen molar-refractivity contribution < 1.29 is 14.5 Å². The Kier molecular flexibility index (Phi) is 5.83. The largest absolute Gasteiger partial charge is 0.297 e. The lowest BCUT2D eigenvalue weighted by atomic mass is 10.1. The van der Waals surface area contributed by atoms with Gasteiger partial charge in [-0.2, -0.15) is 0 Å². The third kappa shape index (κ3) is 4.09. The Bertz CT molecular complexity index is 1120. The third-order valence-electron chi connectivity index (χ3n) is 3.60. The van der Waals surface area contributed by atoms with Crippen LogP contribution < -0.4 is 16.2 Å². The Hall–Kier alpha value is -3.08. The highest BCUT2D eigenvalue weighted by Crippen LogP contribution is 2.34. The summed E-state index contributed by atoms with van der Waals surface area (Å²) in [6, 6.07) is 12.7. The van der Waals surface area contributed by atoms with Gasteiger partial charge in [-0.3, -0.25) is 35.9 Å². The van der Waals surface area contributed by atoms with E-state index in [-0.39, 0.29) is 21.2 Å². The fraction of sp³-hybridized carbons (Fsp3) is 0. The fourth-order valence-electron chi connectivity index (χ4n) is 2.36. The number of hydrogen-bond acceptors (Lipinski definition) is 6. The molecule has 0 fully saturated rings. The molecule has 142 valence electrons. The molecule has 8 nitrogen and oxygen atoms in total. The van der Waals surface area contributed by atoms with Crippen molar-refractivity contribution in [2.45, 2.75) is 0 Å². The molecule has 1 heterocycles. The molecular weight excluding hydrogens is 424 g/mol. The van der Waals surface area contributed by atoms with Gasteiger partial charge in [-0.25, -0.2) is 0 Å². The molecule has 0 atom stereocenters. The van der Waals surface area contributed by atoms with E-state index in [1.165, 1.54) is 35.6 Å². The maximum absolute atomic E-state index is 12.3. The molecule has 28 heavy (non-hydrogen) atoms. The zero-order valence-electron chi connectivity index (χ0n) is 13.9. The lowest BCUT2D eigenvalue weighted by molar-refractivity contribution is -0.385. The average Bonchev–Trinajstić information content (AvgIpc) is 3.03. The zero-order chi connectivity index (χ0) is 20.3. The van der Waals surface area contributed by atoms with Crippen LogP contribution in [-0.4, -0.2) is 21.9 Å². The van der Waals surface area contributed by atoms with E-state index in [0.29, 0.717) is 5.02 Å². The van der Waals surface area contributed by atoms with Crippen LogP contribution in [0.25, 0.3) is 10.1 Å². The highest BCUT2D eigenvalue weighted by molar-refractivity contribution is 7.80. The van der Waals surface area contributed by atoms with Crippen LogP contribution in [0.2, 0.25) is 5.02 Å². The van der Waals surface area contributed by atoms with Gasteiger partial charge in [0.15, 0.2) is 5.11 Å². The second-order valence-electron chi connectivity index (χ2n) is 5.38. The fourth-order valence-corrected chi connectivity index (χ4v) is 3.91. The number of thiophene rings is 1. The Balaban J connectivity index is 1.64. The van der Waals surface area contributed by atoms with Gasteiger partial charge in [-0.1, -0.05) is 41.9 Å². The summed E-state index contributed by atoms with van der Waals surface area (Å²) in [5.41, 5.74) is 4.21. The molecule has 2 aromatic carbocycles. The summed E-state index contributed by atoms with van der Waals surface area (Å²) >= 11 is 12.4. The number of nitro groups is 1. The second-order valence-corrected chi connectivity index (χ2v) is 7.22. The maximum atomic E-state index is 12.3. The SMILES string of the molecule is O=C(NC(=S)NNC(=O)c1sc2ccccc2c1Cl)c1ccccc1[N+](=O)[O-]. The number of benzene rings is 2. The van der Waals surface area contributed by atoms with E-state index in [4.69, 9.17) is 23.8 Å². The van der Waals surface area contributed by atoms with Gasteiger partial charge < -0.3 is 0 Å². The average molecular weight is 435 g/mol. The predicted octanol–water partition coefficient (Wildman–Crippen LogP) is 3.41. The van der Waals surface area contributed by atoms with Crippen LogP contribution in [0.5, 0.6) is 0 Å². The number of halogens is 1. The predicted molar refractivity (Wildman–Crippen MR) is 111 cm³/mol. The number of nitrogens with one attached hydrogen (secondary N) is 3. The summed E-state index contributed by atoms with van der Waals surface area (Å²) in [5, 5.41) is 14.1. The van der Waals surface area contributed by atoms with Gasteiger partial charge in [0.1, 0.15) is 10.4 Å². The summed E-state index contributed by atoms with van der Waals surface area (Å²) in [6.07, 6.45) is 0. The van der Waals surface area contributed by atoms with Crippen molar-refractivity contribution in [3.8, 4) is 0 Å². The van der Waals surface area contributed by atoms with Gasteiger partial charge in [0.2, 0.25) is 0 Å². The zero-order valence-corrected chi connectivity index (χ0v) is 16.3. The lowest BCUT2D eigenvalue weighted by Crippen LogP contribution is -2.48. The number of nitrogens with zero attached hydrogens (tertiary/aromatic N) is 1. The van der Waals surface area contributed by atoms with E-state index in [1.54, 1.807) is 6.07 Å². The first-order chi connectivity index (χ1) is 13.4. The summed E-state index contributed by atoms with van der Waals surface area (Å²) in [5.74, 6) is -1.31. The van der Waals surface area contributed by atoms with Crippen molar-refractivity contribution in [2.75, 3.05) is 0 Å². The second kappa shape index (κ2) is 8.30. The molecule has 3 N–H and O–H groups in total. The van der Waals surface area contributed by atoms with E-state index in [2.05, 4.69) is 16.2 Å².